The Hall–Kier alpha value is -1.59. The molecule has 0 aromatic heterocycles. The van der Waals surface area contributed by atoms with Crippen molar-refractivity contribution in [3.05, 3.63) is 29.8 Å². The van der Waals surface area contributed by atoms with E-state index < -0.39 is 0 Å². The van der Waals surface area contributed by atoms with E-state index in [1.807, 2.05) is 18.2 Å². The van der Waals surface area contributed by atoms with Gasteiger partial charge in [-0.1, -0.05) is 12.1 Å². The van der Waals surface area contributed by atoms with E-state index in [0.29, 0.717) is 11.5 Å². The summed E-state index contributed by atoms with van der Waals surface area (Å²) >= 11 is 0. The quantitative estimate of drug-likeness (QED) is 0.906. The molecule has 1 unspecified atom stereocenters. The molecule has 0 aliphatic carbocycles. The largest absolute Gasteiger partial charge is 0.371 e. The zero-order chi connectivity index (χ0) is 16.1. The van der Waals surface area contributed by atoms with E-state index in [-0.39, 0.29) is 12.2 Å². The highest BCUT2D eigenvalue weighted by Gasteiger charge is 2.23. The Balaban J connectivity index is 1.49. The maximum absolute atomic E-state index is 11.6. The molecule has 0 bridgehead atoms. The van der Waals surface area contributed by atoms with Gasteiger partial charge in [0.25, 0.3) is 5.91 Å². The second-order valence-electron chi connectivity index (χ2n) is 6.44. The van der Waals surface area contributed by atoms with E-state index in [1.54, 1.807) is 6.07 Å². The van der Waals surface area contributed by atoms with Crippen molar-refractivity contribution in [2.45, 2.75) is 38.4 Å². The summed E-state index contributed by atoms with van der Waals surface area (Å²) in [6.07, 6.45) is 5.51. The highest BCUT2D eigenvalue weighted by Crippen LogP contribution is 2.27. The summed E-state index contributed by atoms with van der Waals surface area (Å²) in [7, 11) is 0. The number of primary amides is 1. The zero-order valence-electron chi connectivity index (χ0n) is 13.6. The monoisotopic (exact) mass is 318 g/mol. The van der Waals surface area contributed by atoms with Crippen LogP contribution in [0, 0.1) is 5.92 Å². The molecule has 0 radical (unpaired) electrons. The molecule has 1 atom stereocenters. The molecule has 23 heavy (non-hydrogen) atoms. The van der Waals surface area contributed by atoms with Crippen LogP contribution >= 0.6 is 0 Å². The van der Waals surface area contributed by atoms with Crippen molar-refractivity contribution in [1.82, 2.24) is 0 Å². The Morgan fingerprint density at radius 2 is 2.00 bits per heavy atom. The van der Waals surface area contributed by atoms with Gasteiger partial charge in [0, 0.05) is 25.4 Å². The van der Waals surface area contributed by atoms with Crippen molar-refractivity contribution in [2.75, 3.05) is 31.2 Å². The lowest BCUT2D eigenvalue weighted by molar-refractivity contribution is -0.169. The number of ether oxygens (including phenoxy) is 2. The third-order valence-electron chi connectivity index (χ3n) is 4.78. The van der Waals surface area contributed by atoms with E-state index in [2.05, 4.69) is 4.90 Å². The number of piperidine rings is 1. The van der Waals surface area contributed by atoms with E-state index in [1.165, 1.54) is 6.42 Å². The number of amides is 1. The SMILES string of the molecule is NC(=O)c1ccccc1N1CCC(COC2CCCCO2)CC1. The van der Waals surface area contributed by atoms with Crippen molar-refractivity contribution in [3.8, 4) is 0 Å². The number of hydrogen-bond acceptors (Lipinski definition) is 4. The summed E-state index contributed by atoms with van der Waals surface area (Å²) in [4.78, 5) is 13.8. The molecule has 5 heteroatoms. The van der Waals surface area contributed by atoms with Crippen molar-refractivity contribution < 1.29 is 14.3 Å². The molecule has 2 aliphatic rings. The van der Waals surface area contributed by atoms with Crippen LogP contribution in [0.2, 0.25) is 0 Å². The first-order valence-electron chi connectivity index (χ1n) is 8.61. The van der Waals surface area contributed by atoms with Gasteiger partial charge in [0.15, 0.2) is 6.29 Å². The van der Waals surface area contributed by atoms with Crippen LogP contribution in [0.4, 0.5) is 5.69 Å². The maximum Gasteiger partial charge on any atom is 0.250 e. The van der Waals surface area contributed by atoms with Crippen LogP contribution in [0.15, 0.2) is 24.3 Å². The van der Waals surface area contributed by atoms with E-state index in [9.17, 15) is 4.79 Å². The molecular formula is C18H26N2O3. The Kier molecular flexibility index (Phi) is 5.51. The number of benzene rings is 1. The molecule has 2 saturated heterocycles. The lowest BCUT2D eigenvalue weighted by Gasteiger charge is -2.35. The van der Waals surface area contributed by atoms with E-state index >= 15 is 0 Å². The van der Waals surface area contributed by atoms with Gasteiger partial charge in [-0.25, -0.2) is 0 Å². The highest BCUT2D eigenvalue weighted by molar-refractivity contribution is 5.98. The van der Waals surface area contributed by atoms with Crippen LogP contribution in [0.1, 0.15) is 42.5 Å². The molecule has 1 aromatic rings. The third-order valence-corrected chi connectivity index (χ3v) is 4.78. The number of carbonyl (C=O) groups is 1. The Morgan fingerprint density at radius 1 is 1.22 bits per heavy atom. The van der Waals surface area contributed by atoms with Crippen LogP contribution in [0.3, 0.4) is 0 Å². The van der Waals surface area contributed by atoms with Gasteiger partial charge in [-0.15, -0.1) is 0 Å². The molecule has 126 valence electrons. The van der Waals surface area contributed by atoms with E-state index in [4.69, 9.17) is 15.2 Å². The summed E-state index contributed by atoms with van der Waals surface area (Å²) < 4.78 is 11.5. The Morgan fingerprint density at radius 3 is 2.70 bits per heavy atom. The normalized spacial score (nSPS) is 23.0. The minimum absolute atomic E-state index is 0.00244. The molecule has 2 fully saturated rings. The number of nitrogens with two attached hydrogens (primary N) is 1. The molecule has 2 aliphatic heterocycles. The predicted molar refractivity (Wildman–Crippen MR) is 89.4 cm³/mol. The summed E-state index contributed by atoms with van der Waals surface area (Å²) in [6, 6.07) is 7.59. The maximum atomic E-state index is 11.6. The summed E-state index contributed by atoms with van der Waals surface area (Å²) in [5.74, 6) is 0.207. The minimum Gasteiger partial charge on any atom is -0.371 e. The average molecular weight is 318 g/mol. The van der Waals surface area contributed by atoms with Gasteiger partial charge in [0.05, 0.1) is 12.2 Å². The minimum atomic E-state index is -0.361. The second kappa shape index (κ2) is 7.79. The molecule has 3 rings (SSSR count). The number of anilines is 1. The second-order valence-corrected chi connectivity index (χ2v) is 6.44. The average Bonchev–Trinajstić information content (AvgIpc) is 2.61. The lowest BCUT2D eigenvalue weighted by atomic mass is 9.96. The van der Waals surface area contributed by atoms with Crippen molar-refractivity contribution in [3.63, 3.8) is 0 Å². The van der Waals surface area contributed by atoms with Crippen LogP contribution < -0.4 is 10.6 Å². The van der Waals surface area contributed by atoms with E-state index in [0.717, 1.165) is 57.7 Å². The predicted octanol–water partition coefficient (Wildman–Crippen LogP) is 2.55. The number of nitrogens with zero attached hydrogens (tertiary/aromatic N) is 1. The molecule has 2 N–H and O–H groups in total. The van der Waals surface area contributed by atoms with Crippen LogP contribution in [-0.2, 0) is 9.47 Å². The lowest BCUT2D eigenvalue weighted by Crippen LogP contribution is -2.37. The number of rotatable bonds is 5. The Labute approximate surface area is 137 Å². The highest BCUT2D eigenvalue weighted by atomic mass is 16.7. The van der Waals surface area contributed by atoms with Crippen molar-refractivity contribution in [2.24, 2.45) is 11.7 Å². The van der Waals surface area contributed by atoms with Gasteiger partial charge in [-0.3, -0.25) is 4.79 Å². The fraction of sp³-hybridized carbons (Fsp3) is 0.611. The van der Waals surface area contributed by atoms with Gasteiger partial charge >= 0.3 is 0 Å². The fourth-order valence-electron chi connectivity index (χ4n) is 3.38. The van der Waals surface area contributed by atoms with Crippen LogP contribution in [0.5, 0.6) is 0 Å². The van der Waals surface area contributed by atoms with Crippen LogP contribution in [0.25, 0.3) is 0 Å². The topological polar surface area (TPSA) is 64.8 Å². The third kappa shape index (κ3) is 4.24. The molecule has 2 heterocycles. The standard InChI is InChI=1S/C18H26N2O3/c19-18(21)15-5-1-2-6-16(15)20-10-8-14(9-11-20)13-23-17-7-3-4-12-22-17/h1-2,5-6,14,17H,3-4,7-13H2,(H2,19,21). The van der Waals surface area contributed by atoms with Crippen molar-refractivity contribution in [1.29, 1.82) is 0 Å². The zero-order valence-corrected chi connectivity index (χ0v) is 13.6. The van der Waals surface area contributed by atoms with Gasteiger partial charge in [0.2, 0.25) is 0 Å². The Bertz CT molecular complexity index is 521. The molecular weight excluding hydrogens is 292 g/mol. The first kappa shape index (κ1) is 16.3. The van der Waals surface area contributed by atoms with Crippen molar-refractivity contribution >= 4 is 11.6 Å². The summed E-state index contributed by atoms with van der Waals surface area (Å²) in [6.45, 7) is 3.47. The molecule has 0 spiro atoms. The van der Waals surface area contributed by atoms with Gasteiger partial charge in [-0.2, -0.15) is 0 Å². The summed E-state index contributed by atoms with van der Waals surface area (Å²) in [5, 5.41) is 0. The molecule has 5 nitrogen and oxygen atoms in total. The number of hydrogen-bond donors (Lipinski definition) is 1. The summed E-state index contributed by atoms with van der Waals surface area (Å²) in [5.41, 5.74) is 7.04. The number of para-hydroxylation sites is 1. The smallest absolute Gasteiger partial charge is 0.250 e. The first-order chi connectivity index (χ1) is 11.2. The van der Waals surface area contributed by atoms with Gasteiger partial charge in [-0.05, 0) is 50.2 Å². The fourth-order valence-corrected chi connectivity index (χ4v) is 3.38. The van der Waals surface area contributed by atoms with Gasteiger partial charge in [0.1, 0.15) is 0 Å². The molecule has 1 aromatic carbocycles. The molecule has 1 amide bonds. The van der Waals surface area contributed by atoms with Crippen LogP contribution in [-0.4, -0.2) is 38.5 Å². The van der Waals surface area contributed by atoms with Gasteiger partial charge < -0.3 is 20.1 Å². The molecule has 0 saturated carbocycles. The number of carbonyl (C=O) groups excluding carboxylic acids is 1. The first-order valence-corrected chi connectivity index (χ1v) is 8.61.